The molecule has 0 aromatic heterocycles. The summed E-state index contributed by atoms with van der Waals surface area (Å²) in [7, 11) is 0. The number of aliphatic hydroxyl groups is 1. The number of anilines is 1. The maximum Gasteiger partial charge on any atom is 0.0608 e. The van der Waals surface area contributed by atoms with Gasteiger partial charge in [-0.15, -0.1) is 0 Å². The molecule has 0 radical (unpaired) electrons. The molecule has 2 N–H and O–H groups in total. The van der Waals surface area contributed by atoms with Crippen LogP contribution in [0.5, 0.6) is 0 Å². The third-order valence-electron chi connectivity index (χ3n) is 1.89. The Kier molecular flexibility index (Phi) is 4.19. The molecule has 0 aliphatic carbocycles. The van der Waals surface area contributed by atoms with E-state index >= 15 is 0 Å². The van der Waals surface area contributed by atoms with Gasteiger partial charge in [0.05, 0.1) is 5.60 Å². The second-order valence-corrected chi connectivity index (χ2v) is 5.25. The van der Waals surface area contributed by atoms with Gasteiger partial charge >= 0.3 is 0 Å². The van der Waals surface area contributed by atoms with Gasteiger partial charge in [-0.05, 0) is 61.1 Å². The van der Waals surface area contributed by atoms with Crippen molar-refractivity contribution in [2.75, 3.05) is 11.9 Å². The van der Waals surface area contributed by atoms with Crippen molar-refractivity contribution in [2.24, 2.45) is 0 Å². The molecule has 78 valence electrons. The summed E-state index contributed by atoms with van der Waals surface area (Å²) in [6.07, 6.45) is 0.748. The molecule has 1 rings (SSSR count). The van der Waals surface area contributed by atoms with Crippen LogP contribution in [-0.2, 0) is 0 Å². The predicted molar refractivity (Wildman–Crippen MR) is 68.6 cm³/mol. The first-order chi connectivity index (χ1) is 6.47. The van der Waals surface area contributed by atoms with Crippen molar-refractivity contribution in [1.29, 1.82) is 0 Å². The number of benzene rings is 1. The van der Waals surface area contributed by atoms with Crippen LogP contribution in [0.4, 0.5) is 5.69 Å². The van der Waals surface area contributed by atoms with Crippen LogP contribution in [0.25, 0.3) is 0 Å². The molecule has 0 aliphatic heterocycles. The third kappa shape index (κ3) is 4.81. The molecule has 3 heteroatoms. The van der Waals surface area contributed by atoms with E-state index in [9.17, 15) is 5.11 Å². The molecule has 2 nitrogen and oxygen atoms in total. The summed E-state index contributed by atoms with van der Waals surface area (Å²) in [5, 5.41) is 12.8. The van der Waals surface area contributed by atoms with E-state index in [1.54, 1.807) is 0 Å². The van der Waals surface area contributed by atoms with E-state index in [4.69, 9.17) is 0 Å². The Morgan fingerprint density at radius 2 is 2.14 bits per heavy atom. The minimum absolute atomic E-state index is 0.588. The van der Waals surface area contributed by atoms with E-state index in [1.165, 1.54) is 3.57 Å². The van der Waals surface area contributed by atoms with E-state index in [1.807, 2.05) is 26.0 Å². The molecule has 1 aromatic rings. The van der Waals surface area contributed by atoms with Crippen molar-refractivity contribution >= 4 is 28.3 Å². The number of rotatable bonds is 4. The van der Waals surface area contributed by atoms with E-state index in [2.05, 4.69) is 40.0 Å². The van der Waals surface area contributed by atoms with E-state index in [-0.39, 0.29) is 0 Å². The van der Waals surface area contributed by atoms with Gasteiger partial charge in [-0.1, -0.05) is 6.07 Å². The van der Waals surface area contributed by atoms with Crippen LogP contribution >= 0.6 is 22.6 Å². The molecule has 0 amide bonds. The van der Waals surface area contributed by atoms with Crippen LogP contribution < -0.4 is 5.32 Å². The standard InChI is InChI=1S/C11H16INO/c1-11(2,14)6-7-13-10-5-3-4-9(12)8-10/h3-5,8,13-14H,6-7H2,1-2H3. The van der Waals surface area contributed by atoms with Crippen LogP contribution in [0, 0.1) is 3.57 Å². The quantitative estimate of drug-likeness (QED) is 0.838. The third-order valence-corrected chi connectivity index (χ3v) is 2.56. The summed E-state index contributed by atoms with van der Waals surface area (Å²) in [5.41, 5.74) is 0.524. The van der Waals surface area contributed by atoms with Crippen LogP contribution in [-0.4, -0.2) is 17.3 Å². The molecular weight excluding hydrogens is 289 g/mol. The van der Waals surface area contributed by atoms with Gasteiger partial charge in [-0.2, -0.15) is 0 Å². The lowest BCUT2D eigenvalue weighted by molar-refractivity contribution is 0.0749. The first-order valence-corrected chi connectivity index (χ1v) is 5.77. The molecule has 0 heterocycles. The summed E-state index contributed by atoms with van der Waals surface area (Å²) in [5.74, 6) is 0. The second-order valence-electron chi connectivity index (χ2n) is 4.00. The molecule has 0 atom stereocenters. The smallest absolute Gasteiger partial charge is 0.0608 e. The average Bonchev–Trinajstić information content (AvgIpc) is 2.01. The summed E-state index contributed by atoms with van der Waals surface area (Å²) in [4.78, 5) is 0. The predicted octanol–water partition coefficient (Wildman–Crippen LogP) is 2.86. The second kappa shape index (κ2) is 4.98. The highest BCUT2D eigenvalue weighted by molar-refractivity contribution is 14.1. The molecule has 0 bridgehead atoms. The molecule has 1 aromatic carbocycles. The molecular formula is C11H16INO. The van der Waals surface area contributed by atoms with Gasteiger partial charge < -0.3 is 10.4 Å². The monoisotopic (exact) mass is 305 g/mol. The highest BCUT2D eigenvalue weighted by atomic mass is 127. The van der Waals surface area contributed by atoms with Gasteiger partial charge in [-0.25, -0.2) is 0 Å². The maximum absolute atomic E-state index is 9.51. The van der Waals surface area contributed by atoms with Gasteiger partial charge in [0.15, 0.2) is 0 Å². The Morgan fingerprint density at radius 1 is 1.43 bits per heavy atom. The molecule has 14 heavy (non-hydrogen) atoms. The normalized spacial score (nSPS) is 11.4. The Balaban J connectivity index is 2.39. The minimum atomic E-state index is -0.588. The topological polar surface area (TPSA) is 32.3 Å². The molecule has 0 spiro atoms. The molecule has 0 fully saturated rings. The molecule has 0 unspecified atom stereocenters. The summed E-state index contributed by atoms with van der Waals surface area (Å²) in [6.45, 7) is 4.44. The lowest BCUT2D eigenvalue weighted by Crippen LogP contribution is -2.22. The highest BCUT2D eigenvalue weighted by Gasteiger charge is 2.10. The van der Waals surface area contributed by atoms with E-state index in [0.717, 1.165) is 18.7 Å². The van der Waals surface area contributed by atoms with Crippen molar-refractivity contribution in [3.05, 3.63) is 27.8 Å². The fourth-order valence-corrected chi connectivity index (χ4v) is 1.65. The summed E-state index contributed by atoms with van der Waals surface area (Å²) >= 11 is 2.28. The Morgan fingerprint density at radius 3 is 2.71 bits per heavy atom. The molecule has 0 saturated heterocycles. The summed E-state index contributed by atoms with van der Waals surface area (Å²) in [6, 6.07) is 8.20. The van der Waals surface area contributed by atoms with Gasteiger partial charge in [-0.3, -0.25) is 0 Å². The zero-order chi connectivity index (χ0) is 10.6. The zero-order valence-electron chi connectivity index (χ0n) is 8.55. The van der Waals surface area contributed by atoms with Crippen LogP contribution in [0.15, 0.2) is 24.3 Å². The SMILES string of the molecule is CC(C)(O)CCNc1cccc(I)c1. The number of nitrogens with one attached hydrogen (secondary N) is 1. The lowest BCUT2D eigenvalue weighted by Gasteiger charge is -2.17. The fraction of sp³-hybridized carbons (Fsp3) is 0.455. The van der Waals surface area contributed by atoms with Crippen molar-refractivity contribution in [3.8, 4) is 0 Å². The maximum atomic E-state index is 9.51. The van der Waals surface area contributed by atoms with Crippen LogP contribution in [0.2, 0.25) is 0 Å². The van der Waals surface area contributed by atoms with Crippen LogP contribution in [0.3, 0.4) is 0 Å². The zero-order valence-corrected chi connectivity index (χ0v) is 10.7. The molecule has 0 saturated carbocycles. The van der Waals surface area contributed by atoms with E-state index < -0.39 is 5.60 Å². The Bertz CT molecular complexity index is 294. The van der Waals surface area contributed by atoms with Gasteiger partial charge in [0.25, 0.3) is 0 Å². The Hall–Kier alpha value is -0.290. The highest BCUT2D eigenvalue weighted by Crippen LogP contribution is 2.13. The van der Waals surface area contributed by atoms with Gasteiger partial charge in [0.2, 0.25) is 0 Å². The van der Waals surface area contributed by atoms with Crippen molar-refractivity contribution in [2.45, 2.75) is 25.9 Å². The van der Waals surface area contributed by atoms with Crippen molar-refractivity contribution in [3.63, 3.8) is 0 Å². The fourth-order valence-electron chi connectivity index (χ4n) is 1.11. The van der Waals surface area contributed by atoms with E-state index in [0.29, 0.717) is 0 Å². The number of halogens is 1. The minimum Gasteiger partial charge on any atom is -0.390 e. The largest absolute Gasteiger partial charge is 0.390 e. The average molecular weight is 305 g/mol. The number of hydrogen-bond donors (Lipinski definition) is 2. The first kappa shape index (κ1) is 11.8. The van der Waals surface area contributed by atoms with Gasteiger partial charge in [0, 0.05) is 15.8 Å². The first-order valence-electron chi connectivity index (χ1n) is 4.69. The number of hydrogen-bond acceptors (Lipinski definition) is 2. The Labute approximate surface area is 98.9 Å². The van der Waals surface area contributed by atoms with Crippen molar-refractivity contribution in [1.82, 2.24) is 0 Å². The van der Waals surface area contributed by atoms with Gasteiger partial charge in [0.1, 0.15) is 0 Å². The molecule has 0 aliphatic rings. The lowest BCUT2D eigenvalue weighted by atomic mass is 10.1. The van der Waals surface area contributed by atoms with Crippen molar-refractivity contribution < 1.29 is 5.11 Å². The summed E-state index contributed by atoms with van der Waals surface area (Å²) < 4.78 is 1.22. The van der Waals surface area contributed by atoms with Crippen LogP contribution in [0.1, 0.15) is 20.3 Å².